The number of benzene rings is 2. The summed E-state index contributed by atoms with van der Waals surface area (Å²) in [6.45, 7) is 7.74. The van der Waals surface area contributed by atoms with Crippen LogP contribution in [0.15, 0.2) is 48.5 Å². The number of aromatic nitrogens is 1. The number of nitrogens with zero attached hydrogens (tertiary/aromatic N) is 1. The van der Waals surface area contributed by atoms with E-state index in [2.05, 4.69) is 61.0 Å². The lowest BCUT2D eigenvalue weighted by Gasteiger charge is -2.10. The summed E-state index contributed by atoms with van der Waals surface area (Å²) in [5.41, 5.74) is 5.55. The maximum absolute atomic E-state index is 12.8. The molecule has 0 saturated carbocycles. The van der Waals surface area contributed by atoms with Gasteiger partial charge in [0.15, 0.2) is 0 Å². The molecule has 1 amide bonds. The van der Waals surface area contributed by atoms with Crippen molar-refractivity contribution in [3.05, 3.63) is 70.9 Å². The number of hydrogen-bond acceptors (Lipinski definition) is 1. The maximum Gasteiger partial charge on any atom is 0.268 e. The third-order valence-electron chi connectivity index (χ3n) is 4.86. The van der Waals surface area contributed by atoms with Crippen molar-refractivity contribution in [2.75, 3.05) is 6.54 Å². The minimum absolute atomic E-state index is 0.0181. The highest BCUT2D eigenvalue weighted by atomic mass is 16.1. The molecule has 0 spiro atoms. The van der Waals surface area contributed by atoms with E-state index in [4.69, 9.17) is 0 Å². The Morgan fingerprint density at radius 3 is 2.48 bits per heavy atom. The lowest BCUT2D eigenvalue weighted by molar-refractivity contribution is 0.0945. The van der Waals surface area contributed by atoms with Crippen LogP contribution in [0.4, 0.5) is 0 Å². The van der Waals surface area contributed by atoms with Crippen LogP contribution < -0.4 is 5.32 Å². The number of amides is 1. The van der Waals surface area contributed by atoms with Crippen LogP contribution in [0.25, 0.3) is 10.9 Å². The van der Waals surface area contributed by atoms with Gasteiger partial charge in [-0.25, -0.2) is 0 Å². The Kier molecular flexibility index (Phi) is 5.22. The fourth-order valence-electron chi connectivity index (χ4n) is 3.46. The van der Waals surface area contributed by atoms with Gasteiger partial charge in [-0.05, 0) is 55.5 Å². The maximum atomic E-state index is 12.8. The van der Waals surface area contributed by atoms with Gasteiger partial charge >= 0.3 is 0 Å². The van der Waals surface area contributed by atoms with E-state index in [1.165, 1.54) is 16.5 Å². The van der Waals surface area contributed by atoms with Crippen molar-refractivity contribution in [3.63, 3.8) is 0 Å². The summed E-state index contributed by atoms with van der Waals surface area (Å²) in [6.07, 6.45) is 1.85. The lowest BCUT2D eigenvalue weighted by Crippen LogP contribution is -2.28. The van der Waals surface area contributed by atoms with Crippen LogP contribution in [0.5, 0.6) is 0 Å². The van der Waals surface area contributed by atoms with Gasteiger partial charge < -0.3 is 9.88 Å². The summed E-state index contributed by atoms with van der Waals surface area (Å²) in [5.74, 6) is 0.0181. The monoisotopic (exact) mass is 334 g/mol. The van der Waals surface area contributed by atoms with Crippen LogP contribution in [-0.2, 0) is 19.4 Å². The molecule has 0 aliphatic heterocycles. The number of fused-ring (bicyclic) bond motifs is 1. The molecular formula is C22H26N2O. The predicted octanol–water partition coefficient (Wildman–Crippen LogP) is 4.50. The van der Waals surface area contributed by atoms with Crippen molar-refractivity contribution < 1.29 is 4.79 Å². The Bertz CT molecular complexity index is 878. The minimum Gasteiger partial charge on any atom is -0.350 e. The predicted molar refractivity (Wildman–Crippen MR) is 104 cm³/mol. The van der Waals surface area contributed by atoms with E-state index in [1.807, 2.05) is 18.2 Å². The molecule has 0 bridgehead atoms. The van der Waals surface area contributed by atoms with E-state index >= 15 is 0 Å². The Morgan fingerprint density at radius 1 is 1.04 bits per heavy atom. The molecule has 3 aromatic rings. The average Bonchev–Trinajstić information content (AvgIpc) is 2.94. The van der Waals surface area contributed by atoms with Crippen LogP contribution in [0.3, 0.4) is 0 Å². The van der Waals surface area contributed by atoms with Crippen LogP contribution in [-0.4, -0.2) is 17.0 Å². The van der Waals surface area contributed by atoms with Gasteiger partial charge in [-0.15, -0.1) is 0 Å². The molecule has 0 atom stereocenters. The standard InChI is InChI=1S/C22H26N2O/c1-4-17-11-12-20-19(15-17)16(3)21(24(20)5-2)22(25)23-14-13-18-9-7-6-8-10-18/h6-12,15H,4-5,13-14H2,1-3H3,(H,23,25). The summed E-state index contributed by atoms with van der Waals surface area (Å²) >= 11 is 0. The zero-order valence-corrected chi connectivity index (χ0v) is 15.3. The largest absolute Gasteiger partial charge is 0.350 e. The Labute approximate surface area is 149 Å². The fourth-order valence-corrected chi connectivity index (χ4v) is 3.46. The van der Waals surface area contributed by atoms with Gasteiger partial charge in [0.1, 0.15) is 5.69 Å². The van der Waals surface area contributed by atoms with Gasteiger partial charge in [0.05, 0.1) is 0 Å². The number of nitrogens with one attached hydrogen (secondary N) is 1. The highest BCUT2D eigenvalue weighted by Gasteiger charge is 2.19. The van der Waals surface area contributed by atoms with Gasteiger partial charge in [-0.2, -0.15) is 0 Å². The summed E-state index contributed by atoms with van der Waals surface area (Å²) in [6, 6.07) is 16.8. The second-order valence-corrected chi connectivity index (χ2v) is 6.41. The molecule has 0 fully saturated rings. The topological polar surface area (TPSA) is 34.0 Å². The molecule has 0 radical (unpaired) electrons. The highest BCUT2D eigenvalue weighted by Crippen LogP contribution is 2.27. The number of carbonyl (C=O) groups is 1. The third-order valence-corrected chi connectivity index (χ3v) is 4.86. The molecule has 1 heterocycles. The first-order chi connectivity index (χ1) is 12.2. The van der Waals surface area contributed by atoms with Crippen molar-refractivity contribution in [1.82, 2.24) is 9.88 Å². The Hall–Kier alpha value is -2.55. The van der Waals surface area contributed by atoms with Crippen LogP contribution >= 0.6 is 0 Å². The van der Waals surface area contributed by atoms with Gasteiger partial charge in [-0.1, -0.05) is 43.3 Å². The smallest absolute Gasteiger partial charge is 0.268 e. The highest BCUT2D eigenvalue weighted by molar-refractivity contribution is 6.01. The Morgan fingerprint density at radius 2 is 1.80 bits per heavy atom. The first-order valence-corrected chi connectivity index (χ1v) is 9.09. The molecule has 3 nitrogen and oxygen atoms in total. The van der Waals surface area contributed by atoms with E-state index in [0.29, 0.717) is 6.54 Å². The molecule has 0 unspecified atom stereocenters. The van der Waals surface area contributed by atoms with Crippen molar-refractivity contribution in [1.29, 1.82) is 0 Å². The van der Waals surface area contributed by atoms with Crippen molar-refractivity contribution >= 4 is 16.8 Å². The van der Waals surface area contributed by atoms with Gasteiger partial charge in [0.25, 0.3) is 5.91 Å². The Balaban J connectivity index is 1.84. The number of rotatable bonds is 6. The number of aryl methyl sites for hydroxylation is 3. The first kappa shape index (κ1) is 17.3. The molecule has 25 heavy (non-hydrogen) atoms. The van der Waals surface area contributed by atoms with Gasteiger partial charge in [0, 0.05) is 24.0 Å². The second-order valence-electron chi connectivity index (χ2n) is 6.41. The quantitative estimate of drug-likeness (QED) is 0.707. The molecule has 3 rings (SSSR count). The van der Waals surface area contributed by atoms with E-state index in [1.54, 1.807) is 0 Å². The van der Waals surface area contributed by atoms with Crippen molar-refractivity contribution in [2.24, 2.45) is 0 Å². The zero-order valence-electron chi connectivity index (χ0n) is 15.3. The van der Waals surface area contributed by atoms with Crippen LogP contribution in [0.2, 0.25) is 0 Å². The second kappa shape index (κ2) is 7.56. The third kappa shape index (κ3) is 3.46. The van der Waals surface area contributed by atoms with Crippen LogP contribution in [0.1, 0.15) is 41.0 Å². The zero-order chi connectivity index (χ0) is 17.8. The molecule has 2 aromatic carbocycles. The van der Waals surface area contributed by atoms with E-state index in [9.17, 15) is 4.79 Å². The van der Waals surface area contributed by atoms with Crippen molar-refractivity contribution in [3.8, 4) is 0 Å². The SMILES string of the molecule is CCc1ccc2c(c1)c(C)c(C(=O)NCCc1ccccc1)n2CC. The molecular weight excluding hydrogens is 308 g/mol. The number of hydrogen-bond donors (Lipinski definition) is 1. The van der Waals surface area contributed by atoms with E-state index < -0.39 is 0 Å². The fraction of sp³-hybridized carbons (Fsp3) is 0.318. The molecule has 130 valence electrons. The molecule has 3 heteroatoms. The average molecular weight is 334 g/mol. The van der Waals surface area contributed by atoms with Gasteiger partial charge in [-0.3, -0.25) is 4.79 Å². The van der Waals surface area contributed by atoms with Crippen molar-refractivity contribution in [2.45, 2.75) is 40.2 Å². The molecule has 0 aliphatic rings. The molecule has 1 aromatic heterocycles. The number of carbonyl (C=O) groups excluding carboxylic acids is 1. The lowest BCUT2D eigenvalue weighted by atomic mass is 10.1. The summed E-state index contributed by atoms with van der Waals surface area (Å²) in [7, 11) is 0. The van der Waals surface area contributed by atoms with Gasteiger partial charge in [0.2, 0.25) is 0 Å². The first-order valence-electron chi connectivity index (χ1n) is 9.09. The summed E-state index contributed by atoms with van der Waals surface area (Å²) in [5, 5.41) is 4.28. The molecule has 1 N–H and O–H groups in total. The van der Waals surface area contributed by atoms with E-state index in [-0.39, 0.29) is 5.91 Å². The molecule has 0 saturated heterocycles. The van der Waals surface area contributed by atoms with Crippen LogP contribution in [0, 0.1) is 6.92 Å². The summed E-state index contributed by atoms with van der Waals surface area (Å²) in [4.78, 5) is 12.8. The van der Waals surface area contributed by atoms with E-state index in [0.717, 1.165) is 36.2 Å². The molecule has 0 aliphatic carbocycles. The normalized spacial score (nSPS) is 11.0. The minimum atomic E-state index is 0.0181. The summed E-state index contributed by atoms with van der Waals surface area (Å²) < 4.78 is 2.13.